The lowest BCUT2D eigenvalue weighted by molar-refractivity contribution is -0.142. The molecule has 0 spiro atoms. The van der Waals surface area contributed by atoms with Gasteiger partial charge in [-0.15, -0.1) is 0 Å². The number of carboxylic acids is 1. The molecule has 0 unspecified atom stereocenters. The Morgan fingerprint density at radius 2 is 1.68 bits per heavy atom. The van der Waals surface area contributed by atoms with Gasteiger partial charge < -0.3 is 29.7 Å². The molecule has 4 aromatic rings. The average Bonchev–Trinajstić information content (AvgIpc) is 3.40. The topological polar surface area (TPSA) is 144 Å². The Morgan fingerprint density at radius 3 is 2.42 bits per heavy atom. The predicted octanol–water partition coefficient (Wildman–Crippen LogP) is 3.55. The number of aromatic nitrogens is 1. The number of ether oxygens (including phenoxy) is 3. The highest BCUT2D eigenvalue weighted by atomic mass is 16.7. The smallest absolute Gasteiger partial charge is 0.336 e. The fourth-order valence-corrected chi connectivity index (χ4v) is 4.21. The normalized spacial score (nSPS) is 12.7. The summed E-state index contributed by atoms with van der Waals surface area (Å²) in [5.74, 6) is -1.35. The first-order valence-electron chi connectivity index (χ1n) is 11.6. The van der Waals surface area contributed by atoms with Gasteiger partial charge in [0.15, 0.2) is 11.5 Å². The Hall–Kier alpha value is -5.12. The van der Waals surface area contributed by atoms with Gasteiger partial charge in [-0.2, -0.15) is 0 Å². The van der Waals surface area contributed by atoms with Crippen molar-refractivity contribution in [1.29, 1.82) is 0 Å². The van der Waals surface area contributed by atoms with Gasteiger partial charge >= 0.3 is 11.9 Å². The number of aromatic carboxylic acids is 1. The van der Waals surface area contributed by atoms with E-state index in [-0.39, 0.29) is 30.2 Å². The summed E-state index contributed by atoms with van der Waals surface area (Å²) in [6.07, 6.45) is 0.0942. The number of benzene rings is 3. The number of hydrogen-bond donors (Lipinski definition) is 3. The molecular formula is C28H22N2O8. The van der Waals surface area contributed by atoms with Crippen LogP contribution in [0, 0.1) is 0 Å². The first-order valence-corrected chi connectivity index (χ1v) is 11.6. The number of pyridine rings is 1. The minimum absolute atomic E-state index is 0.0654. The second kappa shape index (κ2) is 10.1. The highest BCUT2D eigenvalue weighted by molar-refractivity contribution is 6.07. The van der Waals surface area contributed by atoms with Gasteiger partial charge in [-0.05, 0) is 59.2 Å². The van der Waals surface area contributed by atoms with Crippen LogP contribution in [-0.2, 0) is 16.0 Å². The molecule has 1 atom stereocenters. The van der Waals surface area contributed by atoms with Crippen LogP contribution in [-0.4, -0.2) is 53.0 Å². The molecule has 0 saturated carbocycles. The van der Waals surface area contributed by atoms with Crippen molar-refractivity contribution in [2.24, 2.45) is 0 Å². The fraction of sp³-hybridized carbons (Fsp3) is 0.143. The van der Waals surface area contributed by atoms with Gasteiger partial charge in [-0.3, -0.25) is 4.79 Å². The van der Waals surface area contributed by atoms with E-state index < -0.39 is 23.9 Å². The summed E-state index contributed by atoms with van der Waals surface area (Å²) in [5.41, 5.74) is 2.22. The van der Waals surface area contributed by atoms with E-state index in [0.29, 0.717) is 28.0 Å². The van der Waals surface area contributed by atoms with Crippen molar-refractivity contribution in [3.63, 3.8) is 0 Å². The standard InChI is InChI=1S/C28H22N2O8/c1-36-28(35)23(10-15-2-6-18(31)7-3-15)30-26(32)22-13-20(27(33)34)19-11-16(4-8-21(19)29-22)17-5-9-24-25(12-17)38-14-37-24/h2-9,11-13,23,31H,10,14H2,1H3,(H,30,32)(H,33,34)/t23-/m0/s1. The molecule has 192 valence electrons. The summed E-state index contributed by atoms with van der Waals surface area (Å²) in [7, 11) is 1.20. The van der Waals surface area contributed by atoms with Crippen molar-refractivity contribution in [3.05, 3.63) is 83.6 Å². The molecular weight excluding hydrogens is 492 g/mol. The molecule has 10 heteroatoms. The maximum Gasteiger partial charge on any atom is 0.336 e. The van der Waals surface area contributed by atoms with Gasteiger partial charge in [-0.1, -0.05) is 24.3 Å². The Labute approximate surface area is 216 Å². The second-order valence-electron chi connectivity index (χ2n) is 8.58. The van der Waals surface area contributed by atoms with Crippen LogP contribution in [0.25, 0.3) is 22.0 Å². The minimum Gasteiger partial charge on any atom is -0.508 e. The number of phenolic OH excluding ortho intramolecular Hbond substituents is 1. The first kappa shape index (κ1) is 24.6. The van der Waals surface area contributed by atoms with Gasteiger partial charge in [0.2, 0.25) is 6.79 Å². The van der Waals surface area contributed by atoms with Crippen molar-refractivity contribution in [2.45, 2.75) is 12.5 Å². The van der Waals surface area contributed by atoms with E-state index in [2.05, 4.69) is 10.3 Å². The van der Waals surface area contributed by atoms with Gasteiger partial charge in [0.1, 0.15) is 17.5 Å². The number of phenols is 1. The van der Waals surface area contributed by atoms with Crippen LogP contribution in [0.15, 0.2) is 66.7 Å². The predicted molar refractivity (Wildman–Crippen MR) is 135 cm³/mol. The Kier molecular flexibility index (Phi) is 6.53. The fourth-order valence-electron chi connectivity index (χ4n) is 4.21. The summed E-state index contributed by atoms with van der Waals surface area (Å²) in [4.78, 5) is 42.0. The number of rotatable bonds is 7. The van der Waals surface area contributed by atoms with Gasteiger partial charge in [0, 0.05) is 11.8 Å². The van der Waals surface area contributed by atoms with Crippen LogP contribution < -0.4 is 14.8 Å². The Morgan fingerprint density at radius 1 is 0.974 bits per heavy atom. The molecule has 0 saturated heterocycles. The zero-order valence-corrected chi connectivity index (χ0v) is 20.1. The molecule has 3 N–H and O–H groups in total. The van der Waals surface area contributed by atoms with Crippen molar-refractivity contribution in [2.75, 3.05) is 13.9 Å². The second-order valence-corrected chi connectivity index (χ2v) is 8.58. The number of carbonyl (C=O) groups excluding carboxylic acids is 2. The summed E-state index contributed by atoms with van der Waals surface area (Å²) in [6, 6.07) is 16.8. The number of hydrogen-bond acceptors (Lipinski definition) is 8. The molecule has 5 rings (SSSR count). The number of aromatic hydroxyl groups is 1. The zero-order valence-electron chi connectivity index (χ0n) is 20.1. The van der Waals surface area contributed by atoms with Crippen molar-refractivity contribution >= 4 is 28.7 Å². The van der Waals surface area contributed by atoms with E-state index in [1.165, 1.54) is 25.3 Å². The molecule has 2 heterocycles. The largest absolute Gasteiger partial charge is 0.508 e. The van der Waals surface area contributed by atoms with Crippen LogP contribution in [0.1, 0.15) is 26.4 Å². The molecule has 0 fully saturated rings. The lowest BCUT2D eigenvalue weighted by Crippen LogP contribution is -2.43. The van der Waals surface area contributed by atoms with Gasteiger partial charge in [0.25, 0.3) is 5.91 Å². The molecule has 0 aliphatic carbocycles. The molecule has 10 nitrogen and oxygen atoms in total. The van der Waals surface area contributed by atoms with Gasteiger partial charge in [0.05, 0.1) is 18.2 Å². The Balaban J connectivity index is 1.46. The molecule has 1 aliphatic heterocycles. The van der Waals surface area contributed by atoms with E-state index in [1.807, 2.05) is 6.07 Å². The third-order valence-corrected chi connectivity index (χ3v) is 6.14. The molecule has 0 bridgehead atoms. The minimum atomic E-state index is -1.23. The van der Waals surface area contributed by atoms with Crippen LogP contribution in [0.3, 0.4) is 0 Å². The first-order chi connectivity index (χ1) is 18.3. The number of carboxylic acid groups (broad SMARTS) is 1. The van der Waals surface area contributed by atoms with E-state index in [1.54, 1.807) is 42.5 Å². The summed E-state index contributed by atoms with van der Waals surface area (Å²) in [6.45, 7) is 0.139. The SMILES string of the molecule is COC(=O)[C@H](Cc1ccc(O)cc1)NC(=O)c1cc(C(=O)O)c2cc(-c3ccc4c(c3)OCO4)ccc2n1. The Bertz CT molecular complexity index is 1570. The average molecular weight is 514 g/mol. The number of fused-ring (bicyclic) bond motifs is 2. The quantitative estimate of drug-likeness (QED) is 0.315. The maximum absolute atomic E-state index is 13.1. The third-order valence-electron chi connectivity index (χ3n) is 6.14. The van der Waals surface area contributed by atoms with Crippen LogP contribution in [0.5, 0.6) is 17.2 Å². The van der Waals surface area contributed by atoms with E-state index >= 15 is 0 Å². The van der Waals surface area contributed by atoms with Crippen molar-refractivity contribution in [3.8, 4) is 28.4 Å². The van der Waals surface area contributed by atoms with Crippen LogP contribution >= 0.6 is 0 Å². The van der Waals surface area contributed by atoms with Gasteiger partial charge in [-0.25, -0.2) is 14.6 Å². The number of methoxy groups -OCH3 is 1. The number of nitrogens with zero attached hydrogens (tertiary/aromatic N) is 1. The maximum atomic E-state index is 13.1. The molecule has 1 aliphatic rings. The summed E-state index contributed by atoms with van der Waals surface area (Å²) < 4.78 is 15.6. The number of amides is 1. The van der Waals surface area contributed by atoms with E-state index in [4.69, 9.17) is 14.2 Å². The van der Waals surface area contributed by atoms with Crippen molar-refractivity contribution < 1.29 is 38.8 Å². The summed E-state index contributed by atoms with van der Waals surface area (Å²) in [5, 5.41) is 22.3. The number of esters is 1. The van der Waals surface area contributed by atoms with Crippen molar-refractivity contribution in [1.82, 2.24) is 10.3 Å². The third kappa shape index (κ3) is 4.92. The van der Waals surface area contributed by atoms with Crippen LogP contribution in [0.4, 0.5) is 0 Å². The monoisotopic (exact) mass is 514 g/mol. The van der Waals surface area contributed by atoms with Crippen LogP contribution in [0.2, 0.25) is 0 Å². The van der Waals surface area contributed by atoms with E-state index in [0.717, 1.165) is 11.1 Å². The molecule has 0 radical (unpaired) electrons. The lowest BCUT2D eigenvalue weighted by Gasteiger charge is -2.17. The van der Waals surface area contributed by atoms with E-state index in [9.17, 15) is 24.6 Å². The molecule has 1 amide bonds. The molecule has 38 heavy (non-hydrogen) atoms. The zero-order chi connectivity index (χ0) is 26.8. The highest BCUT2D eigenvalue weighted by Crippen LogP contribution is 2.36. The summed E-state index contributed by atoms with van der Waals surface area (Å²) >= 11 is 0. The number of nitrogens with one attached hydrogen (secondary N) is 1. The number of carbonyl (C=O) groups is 3. The molecule has 3 aromatic carbocycles. The lowest BCUT2D eigenvalue weighted by atomic mass is 9.99. The molecule has 1 aromatic heterocycles. The highest BCUT2D eigenvalue weighted by Gasteiger charge is 2.25.